The van der Waals surface area contributed by atoms with Gasteiger partial charge in [0.05, 0.1) is 38.4 Å². The Balaban J connectivity index is 1.18. The summed E-state index contributed by atoms with van der Waals surface area (Å²) in [6.07, 6.45) is 6.15. The molecule has 182 valence electrons. The summed E-state index contributed by atoms with van der Waals surface area (Å²) in [5, 5.41) is 0. The molecule has 0 aromatic heterocycles. The van der Waals surface area contributed by atoms with E-state index in [0.717, 1.165) is 68.7 Å². The van der Waals surface area contributed by atoms with Crippen LogP contribution in [0.2, 0.25) is 0 Å². The van der Waals surface area contributed by atoms with Crippen LogP contribution in [0.1, 0.15) is 65.3 Å². The molecule has 2 aliphatic heterocycles. The monoisotopic (exact) mass is 481 g/mol. The van der Waals surface area contributed by atoms with E-state index in [0.29, 0.717) is 23.5 Å². The lowest BCUT2D eigenvalue weighted by molar-refractivity contribution is 0.0650. The average molecular weight is 482 g/mol. The molecular formula is C27H35N3O3S. The highest BCUT2D eigenvalue weighted by atomic mass is 32.2. The molecule has 0 N–H and O–H groups in total. The number of benzene rings is 2. The fourth-order valence-electron chi connectivity index (χ4n) is 4.89. The van der Waals surface area contributed by atoms with Crippen molar-refractivity contribution in [3.63, 3.8) is 0 Å². The van der Waals surface area contributed by atoms with Crippen molar-refractivity contribution in [1.82, 2.24) is 9.80 Å². The van der Waals surface area contributed by atoms with Crippen molar-refractivity contribution in [2.45, 2.75) is 50.3 Å². The van der Waals surface area contributed by atoms with E-state index >= 15 is 0 Å². The van der Waals surface area contributed by atoms with E-state index < -0.39 is 10.8 Å². The highest BCUT2D eigenvalue weighted by molar-refractivity contribution is 7.85. The van der Waals surface area contributed by atoms with E-state index in [1.807, 2.05) is 7.05 Å². The summed E-state index contributed by atoms with van der Waals surface area (Å²) in [4.78, 5) is 31.9. The second-order valence-electron chi connectivity index (χ2n) is 9.29. The third-order valence-electron chi connectivity index (χ3n) is 6.71. The van der Waals surface area contributed by atoms with E-state index in [2.05, 4.69) is 34.9 Å². The fourth-order valence-corrected chi connectivity index (χ4v) is 6.26. The standard InChI is InChI=1S/C27H35N3O3S/c1-3-15-29(16-7-6-10-21-13-14-24-25(19-21)34(33)20-28(24)2)17-8-9-18-30-26(31)22-11-4-5-12-23(22)27(30)32/h4-5,11-14,19H,3,6-10,15-18,20H2,1-2H3. The van der Waals surface area contributed by atoms with Gasteiger partial charge >= 0.3 is 0 Å². The van der Waals surface area contributed by atoms with Gasteiger partial charge in [0.2, 0.25) is 0 Å². The zero-order chi connectivity index (χ0) is 24.1. The molecule has 0 aliphatic carbocycles. The fraction of sp³-hybridized carbons (Fsp3) is 0.481. The number of aryl methyl sites for hydroxylation is 1. The number of nitrogens with zero attached hydrogens (tertiary/aromatic N) is 3. The van der Waals surface area contributed by atoms with Crippen molar-refractivity contribution in [3.8, 4) is 0 Å². The molecule has 0 spiro atoms. The highest BCUT2D eigenvalue weighted by Gasteiger charge is 2.34. The van der Waals surface area contributed by atoms with Gasteiger partial charge in [0, 0.05) is 13.6 Å². The van der Waals surface area contributed by atoms with Crippen molar-refractivity contribution in [2.75, 3.05) is 44.0 Å². The number of anilines is 1. The first kappa shape index (κ1) is 24.6. The molecule has 6 nitrogen and oxygen atoms in total. The minimum Gasteiger partial charge on any atom is -0.361 e. The number of amides is 2. The number of unbranched alkanes of at least 4 members (excludes halogenated alkanes) is 2. The van der Waals surface area contributed by atoms with Crippen LogP contribution in [0, 0.1) is 0 Å². The predicted molar refractivity (Wildman–Crippen MR) is 137 cm³/mol. The molecule has 2 aromatic rings. The molecule has 1 unspecified atom stereocenters. The second kappa shape index (κ2) is 11.3. The Hall–Kier alpha value is -2.51. The normalized spacial score (nSPS) is 17.1. The van der Waals surface area contributed by atoms with Crippen molar-refractivity contribution < 1.29 is 13.8 Å². The number of hydrogen-bond acceptors (Lipinski definition) is 5. The number of fused-ring (bicyclic) bond motifs is 2. The number of carbonyl (C=O) groups excluding carboxylic acids is 2. The number of carbonyl (C=O) groups is 2. The zero-order valence-electron chi connectivity index (χ0n) is 20.3. The topological polar surface area (TPSA) is 60.9 Å². The lowest BCUT2D eigenvalue weighted by atomic mass is 10.1. The average Bonchev–Trinajstić information content (AvgIpc) is 3.26. The molecule has 34 heavy (non-hydrogen) atoms. The van der Waals surface area contributed by atoms with Crippen LogP contribution in [-0.2, 0) is 17.2 Å². The Bertz CT molecular complexity index is 1040. The Labute approximate surface area is 205 Å². The summed E-state index contributed by atoms with van der Waals surface area (Å²) in [7, 11) is 1.09. The smallest absolute Gasteiger partial charge is 0.261 e. The summed E-state index contributed by atoms with van der Waals surface area (Å²) in [6, 6.07) is 13.5. The molecule has 4 rings (SSSR count). The minimum absolute atomic E-state index is 0.159. The van der Waals surface area contributed by atoms with Gasteiger partial charge in [-0.1, -0.05) is 25.1 Å². The second-order valence-corrected chi connectivity index (χ2v) is 10.7. The molecule has 1 atom stereocenters. The highest BCUT2D eigenvalue weighted by Crippen LogP contribution is 2.31. The molecule has 0 saturated heterocycles. The van der Waals surface area contributed by atoms with Crippen LogP contribution in [0.3, 0.4) is 0 Å². The van der Waals surface area contributed by atoms with E-state index in [4.69, 9.17) is 0 Å². The molecule has 0 fully saturated rings. The summed E-state index contributed by atoms with van der Waals surface area (Å²) in [6.45, 7) is 5.80. The lowest BCUT2D eigenvalue weighted by Crippen LogP contribution is -2.32. The van der Waals surface area contributed by atoms with Crippen LogP contribution in [-0.4, -0.2) is 64.9 Å². The van der Waals surface area contributed by atoms with Crippen LogP contribution in [0.5, 0.6) is 0 Å². The Kier molecular flexibility index (Phi) is 8.16. The number of imide groups is 1. The van der Waals surface area contributed by atoms with Crippen molar-refractivity contribution in [3.05, 3.63) is 59.2 Å². The minimum atomic E-state index is -0.905. The van der Waals surface area contributed by atoms with Crippen LogP contribution in [0.15, 0.2) is 47.4 Å². The van der Waals surface area contributed by atoms with Gasteiger partial charge in [-0.2, -0.15) is 0 Å². The summed E-state index contributed by atoms with van der Waals surface area (Å²) in [5.74, 6) is 0.277. The van der Waals surface area contributed by atoms with E-state index in [-0.39, 0.29) is 11.8 Å². The zero-order valence-corrected chi connectivity index (χ0v) is 21.1. The van der Waals surface area contributed by atoms with Gasteiger partial charge in [0.15, 0.2) is 0 Å². The quantitative estimate of drug-likeness (QED) is 0.334. The molecule has 2 heterocycles. The maximum atomic E-state index is 12.5. The van der Waals surface area contributed by atoms with Crippen molar-refractivity contribution >= 4 is 28.3 Å². The van der Waals surface area contributed by atoms with E-state index in [1.165, 1.54) is 10.5 Å². The van der Waals surface area contributed by atoms with Gasteiger partial charge in [-0.15, -0.1) is 0 Å². The maximum Gasteiger partial charge on any atom is 0.261 e. The van der Waals surface area contributed by atoms with Gasteiger partial charge in [0.1, 0.15) is 0 Å². The molecule has 7 heteroatoms. The summed E-state index contributed by atoms with van der Waals surface area (Å²) >= 11 is 0. The van der Waals surface area contributed by atoms with E-state index in [9.17, 15) is 13.8 Å². The summed E-state index contributed by atoms with van der Waals surface area (Å²) < 4.78 is 12.2. The molecule has 0 saturated carbocycles. The maximum absolute atomic E-state index is 12.5. The Morgan fingerprint density at radius 1 is 0.912 bits per heavy atom. The number of hydrogen-bond donors (Lipinski definition) is 0. The first-order chi connectivity index (χ1) is 16.5. The molecule has 0 radical (unpaired) electrons. The predicted octanol–water partition coefficient (Wildman–Crippen LogP) is 4.31. The van der Waals surface area contributed by atoms with Gasteiger partial charge in [-0.05, 0) is 88.0 Å². The Morgan fingerprint density at radius 3 is 2.26 bits per heavy atom. The third-order valence-corrected chi connectivity index (χ3v) is 8.14. The summed E-state index contributed by atoms with van der Waals surface area (Å²) in [5.41, 5.74) is 3.42. The van der Waals surface area contributed by atoms with Crippen LogP contribution in [0.25, 0.3) is 0 Å². The first-order valence-electron chi connectivity index (χ1n) is 12.4. The van der Waals surface area contributed by atoms with Crippen LogP contribution < -0.4 is 4.90 Å². The molecule has 2 aliphatic rings. The molecule has 2 aromatic carbocycles. The lowest BCUT2D eigenvalue weighted by Gasteiger charge is -2.22. The first-order valence-corrected chi connectivity index (χ1v) is 13.7. The largest absolute Gasteiger partial charge is 0.361 e. The molecular weight excluding hydrogens is 446 g/mol. The van der Waals surface area contributed by atoms with Crippen molar-refractivity contribution in [2.24, 2.45) is 0 Å². The van der Waals surface area contributed by atoms with Gasteiger partial charge < -0.3 is 9.80 Å². The third kappa shape index (κ3) is 5.41. The van der Waals surface area contributed by atoms with Crippen LogP contribution in [0.4, 0.5) is 5.69 Å². The van der Waals surface area contributed by atoms with Crippen molar-refractivity contribution in [1.29, 1.82) is 0 Å². The number of rotatable bonds is 12. The van der Waals surface area contributed by atoms with Gasteiger partial charge in [-0.25, -0.2) is 0 Å². The molecule has 2 amide bonds. The SMILES string of the molecule is CCCN(CCCCc1ccc2c(c1)S(=O)CN2C)CCCCN1C(=O)c2ccccc2C1=O. The van der Waals surface area contributed by atoms with Gasteiger partial charge in [-0.3, -0.25) is 18.7 Å². The molecule has 0 bridgehead atoms. The van der Waals surface area contributed by atoms with Crippen LogP contribution >= 0.6 is 0 Å². The Morgan fingerprint density at radius 2 is 1.59 bits per heavy atom. The van der Waals surface area contributed by atoms with Gasteiger partial charge in [0.25, 0.3) is 11.8 Å². The van der Waals surface area contributed by atoms with E-state index in [1.54, 1.807) is 24.3 Å².